The van der Waals surface area contributed by atoms with Crippen LogP contribution in [0.1, 0.15) is 29.0 Å². The van der Waals surface area contributed by atoms with Crippen molar-refractivity contribution in [3.05, 3.63) is 71.4 Å². The predicted molar refractivity (Wildman–Crippen MR) is 130 cm³/mol. The summed E-state index contributed by atoms with van der Waals surface area (Å²) in [6.07, 6.45) is 2.40. The van der Waals surface area contributed by atoms with Gasteiger partial charge in [-0.2, -0.15) is 4.99 Å². The average molecular weight is 472 g/mol. The lowest BCUT2D eigenvalue weighted by Crippen LogP contribution is -2.20. The molecule has 170 valence electrons. The largest absolute Gasteiger partial charge is 0.483 e. The topological polar surface area (TPSA) is 102 Å². The molecule has 3 atom stereocenters. The number of nitrogens with zero attached hydrogens (tertiary/aromatic N) is 2. The summed E-state index contributed by atoms with van der Waals surface area (Å²) in [5, 5.41) is 6.71. The predicted octanol–water partition coefficient (Wildman–Crippen LogP) is 3.47. The van der Waals surface area contributed by atoms with Gasteiger partial charge in [-0.15, -0.1) is 9.24 Å². The van der Waals surface area contributed by atoms with Crippen LogP contribution in [0.2, 0.25) is 0 Å². The first-order chi connectivity index (χ1) is 16.5. The molecule has 2 N–H and O–H groups in total. The number of fused-ring (bicyclic) bond motifs is 4. The van der Waals surface area contributed by atoms with E-state index in [1.54, 1.807) is 12.3 Å². The van der Waals surface area contributed by atoms with E-state index in [-0.39, 0.29) is 24.0 Å². The van der Waals surface area contributed by atoms with Gasteiger partial charge in [0, 0.05) is 30.3 Å². The van der Waals surface area contributed by atoms with Gasteiger partial charge in [0.25, 0.3) is 0 Å². The zero-order valence-corrected chi connectivity index (χ0v) is 19.2. The van der Waals surface area contributed by atoms with E-state index in [0.29, 0.717) is 36.7 Å². The van der Waals surface area contributed by atoms with Crippen molar-refractivity contribution in [1.82, 2.24) is 10.3 Å². The summed E-state index contributed by atoms with van der Waals surface area (Å²) < 4.78 is 12.1. The summed E-state index contributed by atoms with van der Waals surface area (Å²) in [6.45, 7) is 0.419. The van der Waals surface area contributed by atoms with Crippen molar-refractivity contribution >= 4 is 38.0 Å². The number of aliphatic imine (C=N–C) groups is 1. The Bertz CT molecular complexity index is 1360. The molecular formula is C25H21N4O4P. The van der Waals surface area contributed by atoms with Crippen LogP contribution in [0.5, 0.6) is 17.2 Å². The molecule has 1 fully saturated rings. The molecule has 3 amide bonds. The van der Waals surface area contributed by atoms with Crippen LogP contribution < -0.4 is 25.4 Å². The van der Waals surface area contributed by atoms with Gasteiger partial charge in [0.05, 0.1) is 11.6 Å². The highest BCUT2D eigenvalue weighted by Crippen LogP contribution is 2.52. The fourth-order valence-electron chi connectivity index (χ4n) is 4.34. The number of anilines is 1. The Morgan fingerprint density at radius 1 is 1.21 bits per heavy atom. The summed E-state index contributed by atoms with van der Waals surface area (Å²) in [5.74, 6) is 2.57. The third-order valence-electron chi connectivity index (χ3n) is 6.13. The fraction of sp³-hybridized carbons (Fsp3) is 0.200. The number of nitrogens with one attached hydrogen (secondary N) is 2. The van der Waals surface area contributed by atoms with Crippen LogP contribution in [0.4, 0.5) is 10.6 Å². The van der Waals surface area contributed by atoms with Crippen LogP contribution in [-0.4, -0.2) is 28.7 Å². The van der Waals surface area contributed by atoms with Gasteiger partial charge in [-0.05, 0) is 41.6 Å². The quantitative estimate of drug-likeness (QED) is 0.567. The summed E-state index contributed by atoms with van der Waals surface area (Å²) in [5.41, 5.74) is 3.58. The van der Waals surface area contributed by atoms with Gasteiger partial charge in [-0.3, -0.25) is 4.79 Å². The molecule has 0 bridgehead atoms. The lowest BCUT2D eigenvalue weighted by atomic mass is 10.1. The zero-order valence-electron chi connectivity index (χ0n) is 18.1. The van der Waals surface area contributed by atoms with Gasteiger partial charge >= 0.3 is 6.03 Å². The molecule has 1 saturated carbocycles. The van der Waals surface area contributed by atoms with Crippen LogP contribution in [0.25, 0.3) is 0 Å². The standard InChI is InChI=1S/C25H21N4O4P/c30-20-8-6-16-19(9-10-26-24(16)28-20)32-14-3-7-18-17(11-14)21-22(23(21)33-18)29-25(31)27-12-13-1-4-15(34)5-2-13/h1-5,7,9-11,21,23H,6,8,12,34H2,(H,27,31)(H,26,28,30)/t21-,23-/m0/s1. The van der Waals surface area contributed by atoms with Crippen molar-refractivity contribution in [2.75, 3.05) is 5.32 Å². The minimum absolute atomic E-state index is 0.0358. The van der Waals surface area contributed by atoms with E-state index in [2.05, 4.69) is 29.8 Å². The number of carbonyl (C=O) groups is 2. The van der Waals surface area contributed by atoms with Crippen molar-refractivity contribution < 1.29 is 19.1 Å². The second-order valence-corrected chi connectivity index (χ2v) is 9.11. The van der Waals surface area contributed by atoms with Gasteiger partial charge in [-0.25, -0.2) is 9.78 Å². The molecule has 8 nitrogen and oxygen atoms in total. The maximum absolute atomic E-state index is 12.3. The molecule has 1 aliphatic carbocycles. The summed E-state index contributed by atoms with van der Waals surface area (Å²) in [4.78, 5) is 32.4. The Balaban J connectivity index is 1.15. The Kier molecular flexibility index (Phi) is 5.03. The van der Waals surface area contributed by atoms with Gasteiger partial charge in [0.1, 0.15) is 29.2 Å². The molecule has 0 saturated heterocycles. The number of rotatable bonds is 4. The second-order valence-electron chi connectivity index (χ2n) is 8.44. The van der Waals surface area contributed by atoms with Crippen molar-refractivity contribution in [2.45, 2.75) is 31.4 Å². The van der Waals surface area contributed by atoms with Crippen LogP contribution in [0.3, 0.4) is 0 Å². The summed E-state index contributed by atoms with van der Waals surface area (Å²) in [7, 11) is 2.64. The van der Waals surface area contributed by atoms with Gasteiger partial charge in [-0.1, -0.05) is 24.3 Å². The number of benzene rings is 2. The molecule has 1 aromatic heterocycles. The minimum atomic E-state index is -0.373. The summed E-state index contributed by atoms with van der Waals surface area (Å²) in [6, 6.07) is 15.0. The molecule has 0 radical (unpaired) electrons. The third kappa shape index (κ3) is 3.90. The van der Waals surface area contributed by atoms with Crippen LogP contribution in [0, 0.1) is 0 Å². The van der Waals surface area contributed by atoms with Gasteiger partial charge < -0.3 is 20.1 Å². The van der Waals surface area contributed by atoms with Gasteiger partial charge in [0.15, 0.2) is 0 Å². The smallest absolute Gasteiger partial charge is 0.341 e. The number of hydrogen-bond donors (Lipinski definition) is 2. The first kappa shape index (κ1) is 20.8. The molecule has 2 aliphatic heterocycles. The van der Waals surface area contributed by atoms with E-state index in [1.165, 1.54) is 0 Å². The fourth-order valence-corrected chi connectivity index (χ4v) is 4.53. The number of ether oxygens (including phenoxy) is 2. The second kappa shape index (κ2) is 8.22. The number of aromatic nitrogens is 1. The molecule has 6 rings (SSSR count). The first-order valence-corrected chi connectivity index (χ1v) is 11.6. The number of urea groups is 1. The molecule has 1 unspecified atom stereocenters. The first-order valence-electron chi connectivity index (χ1n) is 11.0. The monoisotopic (exact) mass is 472 g/mol. The number of carbonyl (C=O) groups excluding carboxylic acids is 2. The SMILES string of the molecule is O=C1CCc2c(Oc3ccc4c(c3)[C@H]3C(=NC(=O)NCc5ccc(P)cc5)[C@H]3O4)ccnc2N1. The van der Waals surface area contributed by atoms with E-state index in [0.717, 1.165) is 33.5 Å². The van der Waals surface area contributed by atoms with Crippen molar-refractivity contribution in [2.24, 2.45) is 4.99 Å². The Labute approximate surface area is 198 Å². The van der Waals surface area contributed by atoms with Crippen LogP contribution in [0.15, 0.2) is 59.7 Å². The maximum Gasteiger partial charge on any atom is 0.341 e. The minimum Gasteiger partial charge on any atom is -0.483 e. The van der Waals surface area contributed by atoms with Crippen molar-refractivity contribution in [1.29, 1.82) is 0 Å². The van der Waals surface area contributed by atoms with Crippen molar-refractivity contribution in [3.8, 4) is 17.2 Å². The molecule has 2 aromatic carbocycles. The molecule has 3 aliphatic rings. The Morgan fingerprint density at radius 3 is 2.91 bits per heavy atom. The highest BCUT2D eigenvalue weighted by Gasteiger charge is 2.56. The van der Waals surface area contributed by atoms with E-state index < -0.39 is 0 Å². The van der Waals surface area contributed by atoms with E-state index in [4.69, 9.17) is 9.47 Å². The zero-order chi connectivity index (χ0) is 23.2. The van der Waals surface area contributed by atoms with E-state index >= 15 is 0 Å². The average Bonchev–Trinajstić information content (AvgIpc) is 3.35. The summed E-state index contributed by atoms with van der Waals surface area (Å²) >= 11 is 0. The van der Waals surface area contributed by atoms with Crippen molar-refractivity contribution in [3.63, 3.8) is 0 Å². The molecule has 0 spiro atoms. The van der Waals surface area contributed by atoms with Crippen LogP contribution >= 0.6 is 9.24 Å². The maximum atomic E-state index is 12.3. The Morgan fingerprint density at radius 2 is 2.06 bits per heavy atom. The molecular weight excluding hydrogens is 451 g/mol. The Hall–Kier alpha value is -3.77. The molecule has 9 heteroatoms. The number of pyridine rings is 1. The lowest BCUT2D eigenvalue weighted by Gasteiger charge is -2.19. The van der Waals surface area contributed by atoms with E-state index in [9.17, 15) is 9.59 Å². The lowest BCUT2D eigenvalue weighted by molar-refractivity contribution is -0.116. The highest BCUT2D eigenvalue weighted by atomic mass is 31.0. The van der Waals surface area contributed by atoms with Gasteiger partial charge in [0.2, 0.25) is 5.91 Å². The molecule has 3 heterocycles. The normalized spacial score (nSPS) is 20.5. The molecule has 3 aromatic rings. The third-order valence-corrected chi connectivity index (χ3v) is 6.51. The number of hydrogen-bond acceptors (Lipinski definition) is 5. The van der Waals surface area contributed by atoms with E-state index in [1.807, 2.05) is 42.5 Å². The molecule has 34 heavy (non-hydrogen) atoms. The number of amides is 3. The highest BCUT2D eigenvalue weighted by molar-refractivity contribution is 7.27. The van der Waals surface area contributed by atoms with Crippen LogP contribution in [-0.2, 0) is 17.8 Å².